The number of amides is 12. The molecule has 12 amide bonds. The lowest BCUT2D eigenvalue weighted by Crippen LogP contribution is -2.62. The molecule has 2 fully saturated rings. The second kappa shape index (κ2) is 26.4. The SMILES string of the molecule is CC[C@H](C)[C@@H]1NC(=O)[C@H](Cc2ccc(O)cc2)NC(=O)CCC(=O)NC[C@@H](C(=O)N(CC(=O)NC(C)(CC(C)C)C(=O)NCC(N)=O)C2CC2)NC(=O)[C@H](CC(N)=O)NC(=O)[C@H](CCC(N)=O)NC1=O. The van der Waals surface area contributed by atoms with Crippen LogP contribution in [0.1, 0.15) is 98.0 Å². The molecule has 25 heteroatoms. The molecule has 15 N–H and O–H groups in total. The first-order valence-corrected chi connectivity index (χ1v) is 23.1. The lowest BCUT2D eigenvalue weighted by atomic mass is 9.89. The van der Waals surface area contributed by atoms with Gasteiger partial charge in [0.15, 0.2) is 0 Å². The molecule has 0 bridgehead atoms. The van der Waals surface area contributed by atoms with E-state index in [1.165, 1.54) is 31.2 Å². The van der Waals surface area contributed by atoms with Crippen molar-refractivity contribution in [2.45, 2.75) is 141 Å². The fourth-order valence-corrected chi connectivity index (χ4v) is 7.66. The van der Waals surface area contributed by atoms with Crippen molar-refractivity contribution in [3.63, 3.8) is 0 Å². The van der Waals surface area contributed by atoms with E-state index < -0.39 is 170 Å². The summed E-state index contributed by atoms with van der Waals surface area (Å²) in [4.78, 5) is 161. The van der Waals surface area contributed by atoms with Crippen LogP contribution >= 0.6 is 0 Å². The quantitative estimate of drug-likeness (QED) is 0.0629. The molecule has 1 heterocycles. The molecule has 25 nitrogen and oxygen atoms in total. The number of rotatable bonds is 19. The predicted octanol–water partition coefficient (Wildman–Crippen LogP) is -4.03. The minimum absolute atomic E-state index is 0.0663. The Morgan fingerprint density at radius 3 is 1.94 bits per heavy atom. The number of nitrogens with one attached hydrogen (secondary N) is 8. The van der Waals surface area contributed by atoms with Gasteiger partial charge >= 0.3 is 0 Å². The minimum atomic E-state index is -1.84. The Morgan fingerprint density at radius 2 is 1.37 bits per heavy atom. The van der Waals surface area contributed by atoms with Crippen LogP contribution in [-0.4, -0.2) is 142 Å². The van der Waals surface area contributed by atoms with E-state index in [-0.39, 0.29) is 24.5 Å². The number of nitrogens with two attached hydrogens (primary N) is 3. The summed E-state index contributed by atoms with van der Waals surface area (Å²) < 4.78 is 0. The summed E-state index contributed by atoms with van der Waals surface area (Å²) in [6.07, 6.45) is -1.60. The van der Waals surface area contributed by atoms with E-state index in [4.69, 9.17) is 17.2 Å². The van der Waals surface area contributed by atoms with E-state index in [2.05, 4.69) is 42.5 Å². The van der Waals surface area contributed by atoms with Crippen molar-refractivity contribution in [2.24, 2.45) is 29.0 Å². The van der Waals surface area contributed by atoms with Gasteiger partial charge in [0.2, 0.25) is 70.9 Å². The van der Waals surface area contributed by atoms with E-state index in [1.807, 2.05) is 0 Å². The summed E-state index contributed by atoms with van der Waals surface area (Å²) in [6, 6.07) is -2.66. The molecule has 3 rings (SSSR count). The van der Waals surface area contributed by atoms with Crippen LogP contribution in [-0.2, 0) is 64.0 Å². The number of hydrogen-bond donors (Lipinski definition) is 12. The number of hydrogen-bond acceptors (Lipinski definition) is 13. The number of primary amides is 3. The van der Waals surface area contributed by atoms with Crippen molar-refractivity contribution in [1.82, 2.24) is 47.4 Å². The van der Waals surface area contributed by atoms with E-state index in [0.717, 1.165) is 4.90 Å². The standard InChI is InChI=1S/C45H68N12O13/c1-6-24(4)38-42(68)52-28(13-14-32(46)59)39(65)53-30(18-33(47)60)40(66)54-31(20-49-35(62)15-16-36(63)51-29(41(67)55-38)17-25-7-11-27(58)12-8-25)43(69)57(26-9-10-26)22-37(64)56-45(5,19-23(2)3)44(70)50-21-34(48)61/h7-8,11-12,23-24,26,28-31,38,58H,6,9-10,13-22H2,1-5H3,(H2,46,59)(H2,47,60)(H2,48,61)(H,49,62)(H,50,70)(H,51,63)(H,52,68)(H,53,65)(H,54,66)(H,55,67)(H,56,64)/t24-,28-,29-,30-,31-,38-,45?/m0/s1. The summed E-state index contributed by atoms with van der Waals surface area (Å²) in [6.45, 7) is 6.55. The smallest absolute Gasteiger partial charge is 0.247 e. The third kappa shape index (κ3) is 18.6. The maximum atomic E-state index is 14.5. The summed E-state index contributed by atoms with van der Waals surface area (Å²) >= 11 is 0. The maximum absolute atomic E-state index is 14.5. The lowest BCUT2D eigenvalue weighted by molar-refractivity contribution is -0.142. The molecule has 1 unspecified atom stereocenters. The van der Waals surface area contributed by atoms with Crippen molar-refractivity contribution in [3.8, 4) is 5.75 Å². The molecular formula is C45H68N12O13. The maximum Gasteiger partial charge on any atom is 0.247 e. The van der Waals surface area contributed by atoms with Gasteiger partial charge in [0.25, 0.3) is 0 Å². The molecule has 1 aliphatic heterocycles. The van der Waals surface area contributed by atoms with Gasteiger partial charge in [-0.15, -0.1) is 0 Å². The van der Waals surface area contributed by atoms with Crippen LogP contribution in [0, 0.1) is 11.8 Å². The van der Waals surface area contributed by atoms with Crippen molar-refractivity contribution in [3.05, 3.63) is 29.8 Å². The van der Waals surface area contributed by atoms with Gasteiger partial charge in [0.1, 0.15) is 41.5 Å². The topological polar surface area (TPSA) is 403 Å². The summed E-state index contributed by atoms with van der Waals surface area (Å²) in [5, 5.41) is 29.8. The largest absolute Gasteiger partial charge is 0.508 e. The first-order valence-electron chi connectivity index (χ1n) is 23.1. The van der Waals surface area contributed by atoms with E-state index in [0.29, 0.717) is 24.8 Å². The third-order valence-corrected chi connectivity index (χ3v) is 11.6. The molecule has 1 aromatic rings. The third-order valence-electron chi connectivity index (χ3n) is 11.6. The lowest BCUT2D eigenvalue weighted by Gasteiger charge is -2.33. The van der Waals surface area contributed by atoms with Crippen LogP contribution in [0.5, 0.6) is 5.75 Å². The zero-order valence-electron chi connectivity index (χ0n) is 40.1. The zero-order chi connectivity index (χ0) is 52.5. The highest BCUT2D eigenvalue weighted by Gasteiger charge is 2.42. The van der Waals surface area contributed by atoms with Crippen LogP contribution in [0.15, 0.2) is 24.3 Å². The van der Waals surface area contributed by atoms with Gasteiger partial charge < -0.3 is 69.7 Å². The zero-order valence-corrected chi connectivity index (χ0v) is 40.1. The van der Waals surface area contributed by atoms with Crippen LogP contribution in [0.25, 0.3) is 0 Å². The van der Waals surface area contributed by atoms with Crippen molar-refractivity contribution >= 4 is 70.9 Å². The highest BCUT2D eigenvalue weighted by Crippen LogP contribution is 2.28. The molecule has 0 radical (unpaired) electrons. The molecule has 7 atom stereocenters. The molecule has 1 aliphatic carbocycles. The summed E-state index contributed by atoms with van der Waals surface area (Å²) in [5.74, 6) is -11.6. The number of phenols is 1. The van der Waals surface area contributed by atoms with Gasteiger partial charge in [-0.2, -0.15) is 0 Å². The summed E-state index contributed by atoms with van der Waals surface area (Å²) in [5.41, 5.74) is 15.0. The van der Waals surface area contributed by atoms with Gasteiger partial charge in [-0.05, 0) is 62.1 Å². The molecule has 386 valence electrons. The average Bonchev–Trinajstić information content (AvgIpc) is 4.13. The second-order valence-electron chi connectivity index (χ2n) is 18.4. The Labute approximate surface area is 405 Å². The number of aromatic hydroxyl groups is 1. The normalized spacial score (nSPS) is 22.2. The molecule has 1 saturated heterocycles. The summed E-state index contributed by atoms with van der Waals surface area (Å²) in [7, 11) is 0. The first kappa shape index (κ1) is 57.0. The fraction of sp³-hybridized carbons (Fsp3) is 0.600. The van der Waals surface area contributed by atoms with Gasteiger partial charge in [0.05, 0.1) is 19.5 Å². The number of phenolic OH excluding ortho intramolecular Hbond substituents is 1. The van der Waals surface area contributed by atoms with Gasteiger partial charge in [-0.3, -0.25) is 57.5 Å². The Kier molecular flexibility index (Phi) is 21.5. The van der Waals surface area contributed by atoms with Crippen LogP contribution in [0.2, 0.25) is 0 Å². The van der Waals surface area contributed by atoms with E-state index in [1.54, 1.807) is 27.7 Å². The predicted molar refractivity (Wildman–Crippen MR) is 248 cm³/mol. The molecule has 0 spiro atoms. The van der Waals surface area contributed by atoms with Gasteiger partial charge in [-0.25, -0.2) is 0 Å². The Balaban J connectivity index is 2.07. The average molecular weight is 985 g/mol. The monoisotopic (exact) mass is 985 g/mol. The highest BCUT2D eigenvalue weighted by atomic mass is 16.3. The molecule has 1 aromatic carbocycles. The van der Waals surface area contributed by atoms with Gasteiger partial charge in [-0.1, -0.05) is 46.2 Å². The number of carbonyl (C=O) groups is 12. The highest BCUT2D eigenvalue weighted by molar-refractivity contribution is 5.99. The Morgan fingerprint density at radius 1 is 0.771 bits per heavy atom. The van der Waals surface area contributed by atoms with Crippen LogP contribution in [0.4, 0.5) is 0 Å². The molecule has 2 aliphatic rings. The first-order chi connectivity index (χ1) is 32.8. The second-order valence-corrected chi connectivity index (χ2v) is 18.4. The van der Waals surface area contributed by atoms with Crippen LogP contribution in [0.3, 0.4) is 0 Å². The molecular weight excluding hydrogens is 917 g/mol. The molecule has 70 heavy (non-hydrogen) atoms. The van der Waals surface area contributed by atoms with E-state index in [9.17, 15) is 62.6 Å². The van der Waals surface area contributed by atoms with Crippen molar-refractivity contribution in [2.75, 3.05) is 19.6 Å². The Bertz CT molecular complexity index is 2130. The number of benzene rings is 1. The minimum Gasteiger partial charge on any atom is -0.508 e. The Hall–Kier alpha value is -7.34. The molecule has 0 aromatic heterocycles. The molecule has 1 saturated carbocycles. The number of nitrogens with zero attached hydrogens (tertiary/aromatic N) is 1. The van der Waals surface area contributed by atoms with Crippen molar-refractivity contribution in [1.29, 1.82) is 0 Å². The number of carbonyl (C=O) groups excluding carboxylic acids is 12. The van der Waals surface area contributed by atoms with Crippen molar-refractivity contribution < 1.29 is 62.6 Å². The van der Waals surface area contributed by atoms with Crippen LogP contribution < -0.4 is 59.7 Å². The van der Waals surface area contributed by atoms with Gasteiger partial charge in [0, 0.05) is 38.3 Å². The fourth-order valence-electron chi connectivity index (χ4n) is 7.66. The van der Waals surface area contributed by atoms with E-state index >= 15 is 0 Å².